The van der Waals surface area contributed by atoms with Gasteiger partial charge in [0.1, 0.15) is 0 Å². The lowest BCUT2D eigenvalue weighted by atomic mass is 10.1. The van der Waals surface area contributed by atoms with E-state index >= 15 is 0 Å². The number of hydrogen-bond donors (Lipinski definition) is 2. The number of carbonyl (C=O) groups excluding carboxylic acids is 1. The van der Waals surface area contributed by atoms with Crippen molar-refractivity contribution >= 4 is 39.5 Å². The quantitative estimate of drug-likeness (QED) is 0.761. The number of anilines is 1. The van der Waals surface area contributed by atoms with Gasteiger partial charge >= 0.3 is 0 Å². The second-order valence-electron chi connectivity index (χ2n) is 4.76. The molecule has 0 aliphatic rings. The number of rotatable bonds is 3. The average molecular weight is 350 g/mol. The number of nitrogens with one attached hydrogen (secondary N) is 1. The van der Waals surface area contributed by atoms with Crippen molar-refractivity contribution < 1.29 is 9.90 Å². The molecule has 3 aromatic rings. The van der Waals surface area contributed by atoms with Gasteiger partial charge in [0.25, 0.3) is 11.5 Å². The van der Waals surface area contributed by atoms with Crippen LogP contribution in [0.3, 0.4) is 0 Å². The molecule has 23 heavy (non-hydrogen) atoms. The number of aromatic hydroxyl groups is 1. The maximum Gasteiger partial charge on any atom is 0.275 e. The Kier molecular flexibility index (Phi) is 4.06. The Labute approximate surface area is 140 Å². The van der Waals surface area contributed by atoms with E-state index in [0.717, 1.165) is 5.56 Å². The molecule has 1 aromatic carbocycles. The lowest BCUT2D eigenvalue weighted by molar-refractivity contribution is 0.102. The Balaban J connectivity index is 2.03. The van der Waals surface area contributed by atoms with Gasteiger partial charge in [0.2, 0.25) is 5.88 Å². The zero-order chi connectivity index (χ0) is 16.6. The van der Waals surface area contributed by atoms with Gasteiger partial charge < -0.3 is 10.4 Å². The smallest absolute Gasteiger partial charge is 0.275 e. The van der Waals surface area contributed by atoms with Crippen LogP contribution in [0.25, 0.3) is 4.96 Å². The Morgan fingerprint density at radius 1 is 1.48 bits per heavy atom. The molecule has 0 fully saturated rings. The highest BCUT2D eigenvalue weighted by Crippen LogP contribution is 2.27. The van der Waals surface area contributed by atoms with E-state index in [1.54, 1.807) is 17.5 Å². The summed E-state index contributed by atoms with van der Waals surface area (Å²) < 4.78 is 1.21. The van der Waals surface area contributed by atoms with Crippen LogP contribution < -0.4 is 10.9 Å². The second-order valence-corrected chi connectivity index (χ2v) is 6.01. The number of thiazole rings is 1. The molecule has 0 unspecified atom stereocenters. The van der Waals surface area contributed by atoms with Crippen LogP contribution in [0.2, 0.25) is 5.02 Å². The van der Waals surface area contributed by atoms with Crippen molar-refractivity contribution in [2.24, 2.45) is 0 Å². The van der Waals surface area contributed by atoms with Gasteiger partial charge in [0, 0.05) is 11.6 Å². The molecule has 2 aromatic heterocycles. The van der Waals surface area contributed by atoms with Crippen molar-refractivity contribution in [3.05, 3.63) is 56.3 Å². The van der Waals surface area contributed by atoms with Crippen molar-refractivity contribution in [1.82, 2.24) is 9.38 Å². The molecule has 2 N–H and O–H groups in total. The SMILES string of the molecule is CCc1cccc(NC(=O)c2c(O)nc3sccn3c2=O)c1Cl. The van der Waals surface area contributed by atoms with E-state index in [1.807, 2.05) is 13.0 Å². The zero-order valence-electron chi connectivity index (χ0n) is 12.0. The predicted molar refractivity (Wildman–Crippen MR) is 89.8 cm³/mol. The predicted octanol–water partition coefficient (Wildman–Crippen LogP) is 2.93. The first kappa shape index (κ1) is 15.5. The molecule has 0 spiro atoms. The van der Waals surface area contributed by atoms with Crippen molar-refractivity contribution in [3.63, 3.8) is 0 Å². The van der Waals surface area contributed by atoms with Crippen LogP contribution in [0.1, 0.15) is 22.8 Å². The molecule has 0 radical (unpaired) electrons. The Morgan fingerprint density at radius 2 is 2.26 bits per heavy atom. The maximum atomic E-state index is 12.4. The fourth-order valence-corrected chi connectivity index (χ4v) is 3.21. The minimum atomic E-state index is -0.754. The first-order chi connectivity index (χ1) is 11.0. The number of carbonyl (C=O) groups is 1. The lowest BCUT2D eigenvalue weighted by Gasteiger charge is -2.10. The molecule has 0 saturated carbocycles. The van der Waals surface area contributed by atoms with Gasteiger partial charge in [0.05, 0.1) is 10.7 Å². The molecule has 0 aliphatic heterocycles. The molecule has 0 aliphatic carbocycles. The number of nitrogens with zero attached hydrogens (tertiary/aromatic N) is 2. The van der Waals surface area contributed by atoms with Crippen LogP contribution in [0, 0.1) is 0 Å². The summed E-state index contributed by atoms with van der Waals surface area (Å²) in [7, 11) is 0. The summed E-state index contributed by atoms with van der Waals surface area (Å²) in [5, 5.41) is 14.5. The number of benzene rings is 1. The van der Waals surface area contributed by atoms with Gasteiger partial charge in [-0.2, -0.15) is 4.98 Å². The third-order valence-electron chi connectivity index (χ3n) is 3.38. The Bertz CT molecular complexity index is 964. The number of halogens is 1. The fourth-order valence-electron chi connectivity index (χ4n) is 2.20. The first-order valence-corrected chi connectivity index (χ1v) is 8.06. The monoisotopic (exact) mass is 349 g/mol. The van der Waals surface area contributed by atoms with Gasteiger partial charge in [-0.1, -0.05) is 30.7 Å². The van der Waals surface area contributed by atoms with E-state index in [-0.39, 0.29) is 0 Å². The summed E-state index contributed by atoms with van der Waals surface area (Å²) in [4.78, 5) is 28.9. The zero-order valence-corrected chi connectivity index (χ0v) is 13.6. The largest absolute Gasteiger partial charge is 0.492 e. The van der Waals surface area contributed by atoms with E-state index in [1.165, 1.54) is 21.9 Å². The minimum Gasteiger partial charge on any atom is -0.492 e. The van der Waals surface area contributed by atoms with Crippen LogP contribution in [0.15, 0.2) is 34.6 Å². The number of aryl methyl sites for hydroxylation is 1. The molecule has 0 saturated heterocycles. The molecule has 8 heteroatoms. The first-order valence-electron chi connectivity index (χ1n) is 6.80. The van der Waals surface area contributed by atoms with Crippen LogP contribution in [-0.2, 0) is 6.42 Å². The highest BCUT2D eigenvalue weighted by atomic mass is 35.5. The molecule has 0 atom stereocenters. The molecule has 1 amide bonds. The fraction of sp³-hybridized carbons (Fsp3) is 0.133. The Hall–Kier alpha value is -2.38. The van der Waals surface area contributed by atoms with Crippen molar-refractivity contribution in [2.45, 2.75) is 13.3 Å². The normalized spacial score (nSPS) is 10.9. The lowest BCUT2D eigenvalue weighted by Crippen LogP contribution is -2.26. The van der Waals surface area contributed by atoms with Gasteiger partial charge in [0.15, 0.2) is 10.5 Å². The van der Waals surface area contributed by atoms with E-state index in [0.29, 0.717) is 22.1 Å². The molecule has 3 rings (SSSR count). The molecule has 118 valence electrons. The number of amides is 1. The number of hydrogen-bond acceptors (Lipinski definition) is 5. The highest BCUT2D eigenvalue weighted by molar-refractivity contribution is 7.15. The topological polar surface area (TPSA) is 83.7 Å². The van der Waals surface area contributed by atoms with Gasteiger partial charge in [-0.25, -0.2) is 0 Å². The van der Waals surface area contributed by atoms with Gasteiger partial charge in [-0.05, 0) is 18.1 Å². The summed E-state index contributed by atoms with van der Waals surface area (Å²) in [6.45, 7) is 1.94. The van der Waals surface area contributed by atoms with Crippen LogP contribution >= 0.6 is 22.9 Å². The standard InChI is InChI=1S/C15H12ClN3O3S/c1-2-8-4-3-5-9(11(8)16)17-12(20)10-13(21)18-15-19(14(10)22)6-7-23-15/h3-7,21H,2H2,1H3,(H,17,20). The molecule has 2 heterocycles. The van der Waals surface area contributed by atoms with Gasteiger partial charge in [-0.15, -0.1) is 11.3 Å². The summed E-state index contributed by atoms with van der Waals surface area (Å²) in [6.07, 6.45) is 2.20. The second kappa shape index (κ2) is 6.02. The van der Waals surface area contributed by atoms with Crippen LogP contribution in [0.5, 0.6) is 5.88 Å². The highest BCUT2D eigenvalue weighted by Gasteiger charge is 2.21. The summed E-state index contributed by atoms with van der Waals surface area (Å²) in [5.74, 6) is -1.35. The van der Waals surface area contributed by atoms with E-state index in [2.05, 4.69) is 10.3 Å². The third-order valence-corrected chi connectivity index (χ3v) is 4.59. The summed E-state index contributed by atoms with van der Waals surface area (Å²) in [5.41, 5.74) is 0.204. The molecular formula is C15H12ClN3O3S. The number of fused-ring (bicyclic) bond motifs is 1. The molecule has 0 bridgehead atoms. The molecular weight excluding hydrogens is 338 g/mol. The molecule has 6 nitrogen and oxygen atoms in total. The van der Waals surface area contributed by atoms with E-state index in [4.69, 9.17) is 11.6 Å². The minimum absolute atomic E-state index is 0.315. The summed E-state index contributed by atoms with van der Waals surface area (Å²) >= 11 is 7.41. The van der Waals surface area contributed by atoms with E-state index < -0.39 is 22.9 Å². The van der Waals surface area contributed by atoms with E-state index in [9.17, 15) is 14.7 Å². The van der Waals surface area contributed by atoms with Crippen LogP contribution in [-0.4, -0.2) is 20.4 Å². The van der Waals surface area contributed by atoms with Crippen molar-refractivity contribution in [2.75, 3.05) is 5.32 Å². The maximum absolute atomic E-state index is 12.4. The average Bonchev–Trinajstić information content (AvgIpc) is 2.98. The van der Waals surface area contributed by atoms with Crippen LogP contribution in [0.4, 0.5) is 5.69 Å². The Morgan fingerprint density at radius 3 is 3.00 bits per heavy atom. The third kappa shape index (κ3) is 2.69. The summed E-state index contributed by atoms with van der Waals surface area (Å²) in [6, 6.07) is 5.24. The number of aromatic nitrogens is 2. The van der Waals surface area contributed by atoms with Crippen molar-refractivity contribution in [3.8, 4) is 5.88 Å². The van der Waals surface area contributed by atoms with Gasteiger partial charge in [-0.3, -0.25) is 14.0 Å². The van der Waals surface area contributed by atoms with Crippen molar-refractivity contribution in [1.29, 1.82) is 0 Å².